The standard InChI is InChI=1S/C28H35N7O3S/c1-5-26(36)32-23-16-21(10-11-24(23)35-14-12-20(29)13-15-35)31-28-30-17-19(4)27(34-28)33-22-8-6-7-9-25(22)39(37,38)18(2)3/h5-11,16-18,20H,1,12-15,29H2,2-4H3,(H,32,36)(H2,30,31,33,34). The fraction of sp³-hybridized carbons (Fsp3) is 0.321. The van der Waals surface area contributed by atoms with E-state index >= 15 is 0 Å². The molecule has 0 bridgehead atoms. The van der Waals surface area contributed by atoms with Gasteiger partial charge in [0, 0.05) is 36.6 Å². The number of aromatic nitrogens is 2. The van der Waals surface area contributed by atoms with Crippen molar-refractivity contribution in [2.24, 2.45) is 5.73 Å². The summed E-state index contributed by atoms with van der Waals surface area (Å²) in [6.07, 6.45) is 4.64. The first kappa shape index (κ1) is 28.1. The van der Waals surface area contributed by atoms with Crippen molar-refractivity contribution in [3.63, 3.8) is 0 Å². The monoisotopic (exact) mass is 549 g/mol. The number of nitrogens with two attached hydrogens (primary N) is 1. The minimum atomic E-state index is -3.51. The number of para-hydroxylation sites is 1. The number of nitrogens with zero attached hydrogens (tertiary/aromatic N) is 3. The van der Waals surface area contributed by atoms with Crippen molar-refractivity contribution in [3.05, 3.63) is 66.9 Å². The number of rotatable bonds is 9. The van der Waals surface area contributed by atoms with E-state index in [1.165, 1.54) is 6.08 Å². The smallest absolute Gasteiger partial charge is 0.247 e. The van der Waals surface area contributed by atoms with E-state index in [9.17, 15) is 13.2 Å². The van der Waals surface area contributed by atoms with Crippen molar-refractivity contribution < 1.29 is 13.2 Å². The van der Waals surface area contributed by atoms with E-state index in [2.05, 4.69) is 37.4 Å². The molecule has 1 amide bonds. The summed E-state index contributed by atoms with van der Waals surface area (Å²) in [5.41, 5.74) is 9.47. The Morgan fingerprint density at radius 1 is 1.13 bits per heavy atom. The molecule has 4 rings (SSSR count). The maximum atomic E-state index is 12.9. The molecule has 2 heterocycles. The van der Waals surface area contributed by atoms with Crippen LogP contribution in [0.2, 0.25) is 0 Å². The zero-order valence-corrected chi connectivity index (χ0v) is 23.3. The van der Waals surface area contributed by atoms with Gasteiger partial charge in [-0.2, -0.15) is 4.98 Å². The Kier molecular flexibility index (Phi) is 8.51. The number of carbonyl (C=O) groups excluding carboxylic acids is 1. The summed E-state index contributed by atoms with van der Waals surface area (Å²) in [5.74, 6) is 0.473. The predicted molar refractivity (Wildman–Crippen MR) is 157 cm³/mol. The summed E-state index contributed by atoms with van der Waals surface area (Å²) in [5, 5.41) is 8.70. The van der Waals surface area contributed by atoms with Gasteiger partial charge < -0.3 is 26.6 Å². The second-order valence-electron chi connectivity index (χ2n) is 9.81. The Morgan fingerprint density at radius 2 is 1.85 bits per heavy atom. The fourth-order valence-electron chi connectivity index (χ4n) is 4.27. The van der Waals surface area contributed by atoms with Gasteiger partial charge in [0.15, 0.2) is 9.84 Å². The highest BCUT2D eigenvalue weighted by Crippen LogP contribution is 2.33. The molecule has 1 aliphatic heterocycles. The van der Waals surface area contributed by atoms with Gasteiger partial charge in [-0.25, -0.2) is 13.4 Å². The third-order valence-corrected chi connectivity index (χ3v) is 8.83. The Morgan fingerprint density at radius 3 is 2.54 bits per heavy atom. The van der Waals surface area contributed by atoms with Gasteiger partial charge in [0.1, 0.15) is 5.82 Å². The van der Waals surface area contributed by atoms with Gasteiger partial charge in [0.05, 0.1) is 27.2 Å². The number of piperidine rings is 1. The Labute approximate surface area is 229 Å². The lowest BCUT2D eigenvalue weighted by Crippen LogP contribution is -2.40. The molecule has 206 valence electrons. The van der Waals surface area contributed by atoms with Crippen LogP contribution in [0.3, 0.4) is 0 Å². The highest BCUT2D eigenvalue weighted by Gasteiger charge is 2.23. The van der Waals surface area contributed by atoms with E-state index in [0.717, 1.165) is 37.2 Å². The normalized spacial score (nSPS) is 14.2. The number of aryl methyl sites for hydroxylation is 1. The molecule has 1 fully saturated rings. The summed E-state index contributed by atoms with van der Waals surface area (Å²) in [7, 11) is -3.51. The van der Waals surface area contributed by atoms with Crippen LogP contribution in [0.25, 0.3) is 0 Å². The molecule has 0 saturated carbocycles. The van der Waals surface area contributed by atoms with Crippen molar-refractivity contribution in [1.29, 1.82) is 0 Å². The van der Waals surface area contributed by atoms with Crippen LogP contribution in [0, 0.1) is 6.92 Å². The average molecular weight is 550 g/mol. The van der Waals surface area contributed by atoms with Crippen molar-refractivity contribution in [2.45, 2.75) is 49.8 Å². The van der Waals surface area contributed by atoms with E-state index in [0.29, 0.717) is 28.8 Å². The highest BCUT2D eigenvalue weighted by atomic mass is 32.2. The summed E-state index contributed by atoms with van der Waals surface area (Å²) >= 11 is 0. The maximum absolute atomic E-state index is 12.9. The zero-order valence-electron chi connectivity index (χ0n) is 22.4. The molecule has 5 N–H and O–H groups in total. The van der Waals surface area contributed by atoms with E-state index in [-0.39, 0.29) is 16.8 Å². The number of amides is 1. The summed E-state index contributed by atoms with van der Waals surface area (Å²) in [6, 6.07) is 12.6. The molecule has 2 aromatic carbocycles. The van der Waals surface area contributed by atoms with Crippen LogP contribution in [0.15, 0.2) is 66.2 Å². The molecule has 0 spiro atoms. The largest absolute Gasteiger partial charge is 0.370 e. The number of nitrogens with one attached hydrogen (secondary N) is 3. The molecule has 3 aromatic rings. The van der Waals surface area contributed by atoms with Crippen molar-refractivity contribution in [2.75, 3.05) is 33.9 Å². The first-order chi connectivity index (χ1) is 18.6. The van der Waals surface area contributed by atoms with Crippen molar-refractivity contribution in [1.82, 2.24) is 9.97 Å². The number of carbonyl (C=O) groups is 1. The van der Waals surface area contributed by atoms with Gasteiger partial charge in [-0.05, 0) is 70.0 Å². The quantitative estimate of drug-likeness (QED) is 0.284. The van der Waals surface area contributed by atoms with Gasteiger partial charge in [-0.15, -0.1) is 0 Å². The number of anilines is 6. The number of sulfone groups is 1. The predicted octanol–water partition coefficient (Wildman–Crippen LogP) is 4.51. The van der Waals surface area contributed by atoms with Crippen LogP contribution in [0.4, 0.5) is 34.5 Å². The first-order valence-corrected chi connectivity index (χ1v) is 14.4. The van der Waals surface area contributed by atoms with Gasteiger partial charge in [0.2, 0.25) is 11.9 Å². The van der Waals surface area contributed by atoms with E-state index in [1.807, 2.05) is 25.1 Å². The molecule has 39 heavy (non-hydrogen) atoms. The molecular weight excluding hydrogens is 514 g/mol. The Hall–Kier alpha value is -3.96. The number of hydrogen-bond donors (Lipinski definition) is 4. The number of hydrogen-bond acceptors (Lipinski definition) is 9. The maximum Gasteiger partial charge on any atom is 0.247 e. The minimum absolute atomic E-state index is 0.187. The summed E-state index contributed by atoms with van der Waals surface area (Å²) in [6.45, 7) is 10.3. The topological polar surface area (TPSA) is 142 Å². The molecule has 0 atom stereocenters. The van der Waals surface area contributed by atoms with Crippen molar-refractivity contribution in [3.8, 4) is 0 Å². The lowest BCUT2D eigenvalue weighted by Gasteiger charge is -2.33. The molecule has 0 unspecified atom stereocenters. The molecule has 0 radical (unpaired) electrons. The average Bonchev–Trinajstić information content (AvgIpc) is 2.91. The minimum Gasteiger partial charge on any atom is -0.370 e. The third kappa shape index (κ3) is 6.55. The van der Waals surface area contributed by atoms with Gasteiger partial charge >= 0.3 is 0 Å². The van der Waals surface area contributed by atoms with Gasteiger partial charge in [-0.1, -0.05) is 18.7 Å². The molecule has 0 aliphatic carbocycles. The molecular formula is C28H35N7O3S. The molecule has 1 aliphatic rings. The van der Waals surface area contributed by atoms with E-state index in [4.69, 9.17) is 5.73 Å². The third-order valence-electron chi connectivity index (χ3n) is 6.62. The van der Waals surface area contributed by atoms with Crippen LogP contribution in [0.5, 0.6) is 0 Å². The molecule has 11 heteroatoms. The summed E-state index contributed by atoms with van der Waals surface area (Å²) < 4.78 is 25.8. The Balaban J connectivity index is 1.61. The van der Waals surface area contributed by atoms with Crippen LogP contribution in [0.1, 0.15) is 32.3 Å². The van der Waals surface area contributed by atoms with Gasteiger partial charge in [0.25, 0.3) is 0 Å². The second kappa shape index (κ2) is 11.8. The van der Waals surface area contributed by atoms with Crippen LogP contribution in [-0.4, -0.2) is 48.7 Å². The van der Waals surface area contributed by atoms with Crippen LogP contribution >= 0.6 is 0 Å². The van der Waals surface area contributed by atoms with Gasteiger partial charge in [-0.3, -0.25) is 4.79 Å². The lowest BCUT2D eigenvalue weighted by atomic mass is 10.0. The van der Waals surface area contributed by atoms with Crippen LogP contribution in [-0.2, 0) is 14.6 Å². The highest BCUT2D eigenvalue weighted by molar-refractivity contribution is 7.92. The van der Waals surface area contributed by atoms with E-state index in [1.54, 1.807) is 44.3 Å². The molecule has 1 saturated heterocycles. The fourth-order valence-corrected chi connectivity index (χ4v) is 5.47. The molecule has 1 aromatic heterocycles. The second-order valence-corrected chi connectivity index (χ2v) is 12.3. The lowest BCUT2D eigenvalue weighted by molar-refractivity contribution is -0.111. The van der Waals surface area contributed by atoms with Crippen LogP contribution < -0.4 is 26.6 Å². The van der Waals surface area contributed by atoms with Crippen molar-refractivity contribution >= 4 is 50.3 Å². The SMILES string of the molecule is C=CC(=O)Nc1cc(Nc2ncc(C)c(Nc3ccccc3S(=O)(=O)C(C)C)n2)ccc1N1CCC(N)CC1. The van der Waals surface area contributed by atoms with E-state index < -0.39 is 15.1 Å². The first-order valence-electron chi connectivity index (χ1n) is 12.9. The molecule has 10 nitrogen and oxygen atoms in total. The summed E-state index contributed by atoms with van der Waals surface area (Å²) in [4.78, 5) is 23.6. The Bertz CT molecular complexity index is 1470. The number of benzene rings is 2. The zero-order chi connectivity index (χ0) is 28.2.